The van der Waals surface area contributed by atoms with Gasteiger partial charge in [-0.3, -0.25) is 0 Å². The first-order valence-corrected chi connectivity index (χ1v) is 5.17. The largest absolute Gasteiger partial charge is 0.398 e. The number of anilines is 1. The van der Waals surface area contributed by atoms with Gasteiger partial charge in [-0.25, -0.2) is 9.97 Å². The van der Waals surface area contributed by atoms with E-state index in [-0.39, 0.29) is 12.4 Å². The van der Waals surface area contributed by atoms with Crippen LogP contribution in [0.25, 0.3) is 22.1 Å². The summed E-state index contributed by atoms with van der Waals surface area (Å²) in [6.45, 7) is 1.98. The van der Waals surface area contributed by atoms with Crippen LogP contribution in [0, 0.1) is 6.92 Å². The van der Waals surface area contributed by atoms with Gasteiger partial charge in [0.2, 0.25) is 0 Å². The van der Waals surface area contributed by atoms with Gasteiger partial charge in [0.15, 0.2) is 0 Å². The highest BCUT2D eigenvalue weighted by Gasteiger charge is 2.03. The molecule has 2 aromatic carbocycles. The second kappa shape index (κ2) is 4.18. The smallest absolute Gasteiger partial charge is 0.0915 e. The summed E-state index contributed by atoms with van der Waals surface area (Å²) in [4.78, 5) is 9.10. The highest BCUT2D eigenvalue weighted by Crippen LogP contribution is 2.20. The molecule has 4 heteroatoms. The average Bonchev–Trinajstić information content (AvgIpc) is 2.28. The molecule has 0 fully saturated rings. The van der Waals surface area contributed by atoms with Crippen molar-refractivity contribution in [3.63, 3.8) is 0 Å². The Labute approximate surface area is 105 Å². The molecule has 0 radical (unpaired) electrons. The summed E-state index contributed by atoms with van der Waals surface area (Å²) >= 11 is 0. The van der Waals surface area contributed by atoms with E-state index in [9.17, 15) is 0 Å². The lowest BCUT2D eigenvalue weighted by Crippen LogP contribution is -1.93. The van der Waals surface area contributed by atoms with Gasteiger partial charge in [-0.1, -0.05) is 12.1 Å². The maximum Gasteiger partial charge on any atom is 0.0915 e. The van der Waals surface area contributed by atoms with Gasteiger partial charge >= 0.3 is 0 Å². The van der Waals surface area contributed by atoms with Crippen LogP contribution >= 0.6 is 12.4 Å². The van der Waals surface area contributed by atoms with Crippen LogP contribution in [0.3, 0.4) is 0 Å². The molecule has 86 valence electrons. The normalized spacial score (nSPS) is 10.4. The van der Waals surface area contributed by atoms with Crippen molar-refractivity contribution in [1.29, 1.82) is 0 Å². The SMILES string of the molecule is Cc1cc2nc3ccccc3nc2cc1N.Cl. The quantitative estimate of drug-likeness (QED) is 0.489. The molecule has 3 aromatic rings. The van der Waals surface area contributed by atoms with Crippen molar-refractivity contribution in [3.8, 4) is 0 Å². The first kappa shape index (κ1) is 11.6. The number of nitrogens with zero attached hydrogens (tertiary/aromatic N) is 2. The number of halogens is 1. The highest BCUT2D eigenvalue weighted by molar-refractivity contribution is 5.88. The van der Waals surface area contributed by atoms with Crippen molar-refractivity contribution in [2.75, 3.05) is 5.73 Å². The Morgan fingerprint density at radius 2 is 1.41 bits per heavy atom. The molecule has 0 unspecified atom stereocenters. The Kier molecular flexibility index (Phi) is 2.86. The van der Waals surface area contributed by atoms with Crippen LogP contribution < -0.4 is 5.73 Å². The van der Waals surface area contributed by atoms with Crippen LogP contribution in [0.1, 0.15) is 5.56 Å². The van der Waals surface area contributed by atoms with Crippen molar-refractivity contribution in [2.24, 2.45) is 0 Å². The molecule has 0 aliphatic rings. The van der Waals surface area contributed by atoms with E-state index in [2.05, 4.69) is 9.97 Å². The maximum absolute atomic E-state index is 5.86. The second-order valence-corrected chi connectivity index (χ2v) is 3.91. The van der Waals surface area contributed by atoms with Gasteiger partial charge in [0.05, 0.1) is 22.1 Å². The second-order valence-electron chi connectivity index (χ2n) is 3.91. The van der Waals surface area contributed by atoms with Gasteiger partial charge < -0.3 is 5.73 Å². The monoisotopic (exact) mass is 245 g/mol. The van der Waals surface area contributed by atoms with Crippen LogP contribution in [0.5, 0.6) is 0 Å². The number of nitrogens with two attached hydrogens (primary N) is 1. The van der Waals surface area contributed by atoms with Gasteiger partial charge in [0, 0.05) is 5.69 Å². The number of fused-ring (bicyclic) bond motifs is 2. The minimum absolute atomic E-state index is 0. The maximum atomic E-state index is 5.86. The Hall–Kier alpha value is -1.87. The van der Waals surface area contributed by atoms with E-state index in [0.717, 1.165) is 33.3 Å². The number of benzene rings is 2. The summed E-state index contributed by atoms with van der Waals surface area (Å²) in [7, 11) is 0. The topological polar surface area (TPSA) is 51.8 Å². The predicted octanol–water partition coefficient (Wildman–Crippen LogP) is 3.10. The Bertz CT molecular complexity index is 635. The molecule has 3 nitrogen and oxygen atoms in total. The van der Waals surface area contributed by atoms with E-state index in [1.165, 1.54) is 0 Å². The van der Waals surface area contributed by atoms with Crippen molar-refractivity contribution in [1.82, 2.24) is 9.97 Å². The molecule has 1 aromatic heterocycles. The fraction of sp³-hybridized carbons (Fsp3) is 0.0769. The molecule has 0 bridgehead atoms. The van der Waals surface area contributed by atoms with Gasteiger partial charge in [-0.05, 0) is 36.8 Å². The van der Waals surface area contributed by atoms with E-state index in [4.69, 9.17) is 5.73 Å². The van der Waals surface area contributed by atoms with Crippen LogP contribution in [0.15, 0.2) is 36.4 Å². The van der Waals surface area contributed by atoms with Crippen LogP contribution in [0.4, 0.5) is 5.69 Å². The number of nitrogen functional groups attached to an aromatic ring is 1. The van der Waals surface area contributed by atoms with E-state index < -0.39 is 0 Å². The lowest BCUT2D eigenvalue weighted by Gasteiger charge is -2.04. The van der Waals surface area contributed by atoms with Crippen LogP contribution in [-0.2, 0) is 0 Å². The molecule has 0 spiro atoms. The third kappa shape index (κ3) is 1.89. The number of para-hydroxylation sites is 2. The first-order chi connectivity index (χ1) is 7.74. The molecule has 0 aliphatic heterocycles. The summed E-state index contributed by atoms with van der Waals surface area (Å²) < 4.78 is 0. The zero-order valence-electron chi connectivity index (χ0n) is 9.34. The third-order valence-electron chi connectivity index (χ3n) is 2.73. The minimum atomic E-state index is 0. The molecule has 0 aliphatic carbocycles. The molecular formula is C13H12ClN3. The molecule has 0 amide bonds. The average molecular weight is 246 g/mol. The Morgan fingerprint density at radius 3 is 2.00 bits per heavy atom. The fourth-order valence-electron chi connectivity index (χ4n) is 1.79. The first-order valence-electron chi connectivity index (χ1n) is 5.17. The summed E-state index contributed by atoms with van der Waals surface area (Å²) in [6.07, 6.45) is 0. The lowest BCUT2D eigenvalue weighted by molar-refractivity contribution is 1.37. The zero-order valence-corrected chi connectivity index (χ0v) is 10.2. The fourth-order valence-corrected chi connectivity index (χ4v) is 1.79. The van der Waals surface area contributed by atoms with E-state index in [1.54, 1.807) is 0 Å². The van der Waals surface area contributed by atoms with Crippen molar-refractivity contribution >= 4 is 40.2 Å². The van der Waals surface area contributed by atoms with E-state index in [1.807, 2.05) is 43.3 Å². The predicted molar refractivity (Wildman–Crippen MR) is 73.4 cm³/mol. The molecule has 2 N–H and O–H groups in total. The minimum Gasteiger partial charge on any atom is -0.398 e. The molecular weight excluding hydrogens is 234 g/mol. The summed E-state index contributed by atoms with van der Waals surface area (Å²) in [5, 5.41) is 0. The van der Waals surface area contributed by atoms with Crippen LogP contribution in [0.2, 0.25) is 0 Å². The Morgan fingerprint density at radius 1 is 0.882 bits per heavy atom. The van der Waals surface area contributed by atoms with Gasteiger partial charge in [0.1, 0.15) is 0 Å². The highest BCUT2D eigenvalue weighted by atomic mass is 35.5. The van der Waals surface area contributed by atoms with E-state index in [0.29, 0.717) is 0 Å². The molecule has 3 rings (SSSR count). The van der Waals surface area contributed by atoms with Gasteiger partial charge in [-0.2, -0.15) is 0 Å². The number of aryl methyl sites for hydroxylation is 1. The molecule has 0 saturated heterocycles. The van der Waals surface area contributed by atoms with Crippen molar-refractivity contribution in [3.05, 3.63) is 42.0 Å². The molecule has 0 saturated carbocycles. The summed E-state index contributed by atoms with van der Waals surface area (Å²) in [5.74, 6) is 0. The van der Waals surface area contributed by atoms with Crippen molar-refractivity contribution < 1.29 is 0 Å². The van der Waals surface area contributed by atoms with E-state index >= 15 is 0 Å². The number of rotatable bonds is 0. The summed E-state index contributed by atoms with van der Waals surface area (Å²) in [6, 6.07) is 11.7. The molecule has 1 heterocycles. The standard InChI is InChI=1S/C13H11N3.ClH/c1-8-6-12-13(7-9(8)14)16-11-5-3-2-4-10(11)15-12;/h2-7H,14H2,1H3;1H. The van der Waals surface area contributed by atoms with Crippen LogP contribution in [-0.4, -0.2) is 9.97 Å². The third-order valence-corrected chi connectivity index (χ3v) is 2.73. The van der Waals surface area contributed by atoms with Gasteiger partial charge in [-0.15, -0.1) is 12.4 Å². The number of hydrogen-bond donors (Lipinski definition) is 1. The molecule has 17 heavy (non-hydrogen) atoms. The zero-order chi connectivity index (χ0) is 11.1. The molecule has 0 atom stereocenters. The van der Waals surface area contributed by atoms with Gasteiger partial charge in [0.25, 0.3) is 0 Å². The van der Waals surface area contributed by atoms with Crippen molar-refractivity contribution in [2.45, 2.75) is 6.92 Å². The summed E-state index contributed by atoms with van der Waals surface area (Å²) in [5.41, 5.74) is 11.2. The lowest BCUT2D eigenvalue weighted by atomic mass is 10.1. The Balaban J connectivity index is 0.00000108. The number of hydrogen-bond acceptors (Lipinski definition) is 3. The number of aromatic nitrogens is 2.